The van der Waals surface area contributed by atoms with Crippen molar-refractivity contribution in [2.45, 2.75) is 38.5 Å². The molecule has 2 aromatic heterocycles. The largest absolute Gasteiger partial charge is 0.421 e. The van der Waals surface area contributed by atoms with Crippen molar-refractivity contribution in [1.82, 2.24) is 19.7 Å². The molecular weight excluding hydrogens is 376 g/mol. The highest BCUT2D eigenvalue weighted by Gasteiger charge is 2.51. The van der Waals surface area contributed by atoms with Gasteiger partial charge in [-0.15, -0.1) is 10.2 Å². The number of alkyl halides is 3. The maximum absolute atomic E-state index is 14.9. The zero-order valence-electron chi connectivity index (χ0n) is 15.0. The molecular formula is C19H16F4N4O. The highest BCUT2D eigenvalue weighted by Crippen LogP contribution is 2.40. The van der Waals surface area contributed by atoms with Gasteiger partial charge in [0.2, 0.25) is 0 Å². The summed E-state index contributed by atoms with van der Waals surface area (Å²) in [7, 11) is 0. The molecule has 0 fully saturated rings. The van der Waals surface area contributed by atoms with E-state index in [0.29, 0.717) is 31.3 Å². The van der Waals surface area contributed by atoms with E-state index in [4.69, 9.17) is 0 Å². The number of aryl methyl sites for hydroxylation is 3. The summed E-state index contributed by atoms with van der Waals surface area (Å²) in [6.07, 6.45) is -1.45. The SMILES string of the molecule is Cc1nnc2n1-c1cc(F)c(-c3cncc([C@@](C)(O)C(F)(F)F)c3)cc1CC2. The minimum Gasteiger partial charge on any atom is -0.376 e. The van der Waals surface area contributed by atoms with Crippen molar-refractivity contribution in [2.24, 2.45) is 0 Å². The number of aromatic nitrogens is 4. The summed E-state index contributed by atoms with van der Waals surface area (Å²) in [6, 6.07) is 4.05. The first-order chi connectivity index (χ1) is 13.1. The Balaban J connectivity index is 1.82. The van der Waals surface area contributed by atoms with Crippen molar-refractivity contribution in [3.63, 3.8) is 0 Å². The fourth-order valence-electron chi connectivity index (χ4n) is 3.38. The van der Waals surface area contributed by atoms with Gasteiger partial charge < -0.3 is 5.11 Å². The summed E-state index contributed by atoms with van der Waals surface area (Å²) in [4.78, 5) is 3.78. The van der Waals surface area contributed by atoms with Crippen LogP contribution < -0.4 is 0 Å². The molecule has 146 valence electrons. The summed E-state index contributed by atoms with van der Waals surface area (Å²) >= 11 is 0. The zero-order valence-corrected chi connectivity index (χ0v) is 15.0. The second kappa shape index (κ2) is 6.10. The summed E-state index contributed by atoms with van der Waals surface area (Å²) in [5.74, 6) is 0.764. The standard InChI is InChI=1S/C19H16F4N4O/c1-10-25-26-17-4-3-11-6-14(15(20)7-16(11)27(10)17)12-5-13(9-24-8-12)18(2,28)19(21,22)23/h5-9,28H,3-4H2,1-2H3/t18-/m1/s1. The number of aliphatic hydroxyl groups is 1. The van der Waals surface area contributed by atoms with Gasteiger partial charge >= 0.3 is 6.18 Å². The van der Waals surface area contributed by atoms with Gasteiger partial charge in [0.15, 0.2) is 5.60 Å². The van der Waals surface area contributed by atoms with Crippen LogP contribution in [0.1, 0.15) is 29.7 Å². The van der Waals surface area contributed by atoms with Gasteiger partial charge in [-0.05, 0) is 44.0 Å². The number of benzene rings is 1. The number of hydrogen-bond acceptors (Lipinski definition) is 4. The first-order valence-electron chi connectivity index (χ1n) is 8.58. The van der Waals surface area contributed by atoms with Gasteiger partial charge in [0.1, 0.15) is 17.5 Å². The average molecular weight is 392 g/mol. The third-order valence-electron chi connectivity index (χ3n) is 5.08. The van der Waals surface area contributed by atoms with Crippen LogP contribution >= 0.6 is 0 Å². The molecule has 1 aromatic carbocycles. The Morgan fingerprint density at radius 3 is 2.54 bits per heavy atom. The van der Waals surface area contributed by atoms with E-state index in [1.54, 1.807) is 17.6 Å². The molecule has 0 amide bonds. The Labute approximate surface area is 157 Å². The molecule has 0 spiro atoms. The van der Waals surface area contributed by atoms with Gasteiger partial charge in [-0.25, -0.2) is 4.39 Å². The molecule has 0 saturated heterocycles. The molecule has 0 aliphatic carbocycles. The number of fused-ring (bicyclic) bond motifs is 3. The lowest BCUT2D eigenvalue weighted by atomic mass is 9.92. The van der Waals surface area contributed by atoms with Crippen molar-refractivity contribution >= 4 is 0 Å². The molecule has 28 heavy (non-hydrogen) atoms. The van der Waals surface area contributed by atoms with Crippen LogP contribution in [0.2, 0.25) is 0 Å². The summed E-state index contributed by atoms with van der Waals surface area (Å²) in [5, 5.41) is 18.0. The van der Waals surface area contributed by atoms with Crippen LogP contribution in [0.4, 0.5) is 17.6 Å². The Morgan fingerprint density at radius 2 is 1.82 bits per heavy atom. The van der Waals surface area contributed by atoms with Crippen molar-refractivity contribution in [2.75, 3.05) is 0 Å². The van der Waals surface area contributed by atoms with Gasteiger partial charge in [0.25, 0.3) is 0 Å². The summed E-state index contributed by atoms with van der Waals surface area (Å²) in [5.41, 5.74) is -1.80. The smallest absolute Gasteiger partial charge is 0.376 e. The van der Waals surface area contributed by atoms with E-state index >= 15 is 0 Å². The third-order valence-corrected chi connectivity index (χ3v) is 5.08. The minimum atomic E-state index is -4.88. The molecule has 0 radical (unpaired) electrons. The first-order valence-corrected chi connectivity index (χ1v) is 8.58. The maximum atomic E-state index is 14.9. The van der Waals surface area contributed by atoms with Crippen LogP contribution in [0.15, 0.2) is 30.6 Å². The number of pyridine rings is 1. The van der Waals surface area contributed by atoms with Gasteiger partial charge in [-0.1, -0.05) is 0 Å². The second-order valence-corrected chi connectivity index (χ2v) is 6.99. The minimum absolute atomic E-state index is 0.125. The molecule has 0 unspecified atom stereocenters. The van der Waals surface area contributed by atoms with Crippen LogP contribution in [0.3, 0.4) is 0 Å². The van der Waals surface area contributed by atoms with E-state index in [9.17, 15) is 22.7 Å². The van der Waals surface area contributed by atoms with E-state index in [1.165, 1.54) is 12.3 Å². The van der Waals surface area contributed by atoms with Gasteiger partial charge in [0.05, 0.1) is 5.69 Å². The Kier molecular flexibility index (Phi) is 4.04. The van der Waals surface area contributed by atoms with Gasteiger partial charge in [-0.2, -0.15) is 13.2 Å². The molecule has 1 atom stereocenters. The van der Waals surface area contributed by atoms with Crippen LogP contribution in [-0.4, -0.2) is 31.0 Å². The fraction of sp³-hybridized carbons (Fsp3) is 0.316. The molecule has 3 aromatic rings. The number of hydrogen-bond donors (Lipinski definition) is 1. The van der Waals surface area contributed by atoms with Crippen molar-refractivity contribution in [3.05, 3.63) is 59.2 Å². The second-order valence-electron chi connectivity index (χ2n) is 6.99. The predicted molar refractivity (Wildman–Crippen MR) is 92.3 cm³/mol. The highest BCUT2D eigenvalue weighted by atomic mass is 19.4. The van der Waals surface area contributed by atoms with Gasteiger partial charge in [-0.3, -0.25) is 9.55 Å². The zero-order chi connectivity index (χ0) is 20.3. The number of rotatable bonds is 2. The highest BCUT2D eigenvalue weighted by molar-refractivity contribution is 5.68. The molecule has 5 nitrogen and oxygen atoms in total. The molecule has 1 aliphatic heterocycles. The van der Waals surface area contributed by atoms with Crippen LogP contribution in [0.25, 0.3) is 16.8 Å². The Hall–Kier alpha value is -2.81. The maximum Gasteiger partial charge on any atom is 0.421 e. The van der Waals surface area contributed by atoms with E-state index < -0.39 is 23.2 Å². The monoisotopic (exact) mass is 392 g/mol. The van der Waals surface area contributed by atoms with Crippen molar-refractivity contribution in [3.8, 4) is 16.8 Å². The summed E-state index contributed by atoms with van der Waals surface area (Å²) < 4.78 is 56.1. The first kappa shape index (κ1) is 18.5. The predicted octanol–water partition coefficient (Wildman–Crippen LogP) is 3.65. The van der Waals surface area contributed by atoms with Crippen LogP contribution in [0, 0.1) is 12.7 Å². The third kappa shape index (κ3) is 2.77. The number of nitrogens with zero attached hydrogens (tertiary/aromatic N) is 4. The average Bonchev–Trinajstić information content (AvgIpc) is 3.02. The van der Waals surface area contributed by atoms with Gasteiger partial charge in [0, 0.05) is 35.5 Å². The molecule has 1 N–H and O–H groups in total. The normalized spacial score (nSPS) is 15.7. The number of halogens is 4. The molecule has 3 heterocycles. The molecule has 4 rings (SSSR count). The topological polar surface area (TPSA) is 63.8 Å². The summed E-state index contributed by atoms with van der Waals surface area (Å²) in [6.45, 7) is 2.41. The quantitative estimate of drug-likeness (QED) is 0.677. The van der Waals surface area contributed by atoms with E-state index in [1.807, 2.05) is 0 Å². The lowest BCUT2D eigenvalue weighted by molar-refractivity contribution is -0.259. The molecule has 0 saturated carbocycles. The van der Waals surface area contributed by atoms with Crippen molar-refractivity contribution < 1.29 is 22.7 Å². The Bertz CT molecular complexity index is 1070. The molecule has 1 aliphatic rings. The van der Waals surface area contributed by atoms with E-state index in [2.05, 4.69) is 15.2 Å². The van der Waals surface area contributed by atoms with E-state index in [0.717, 1.165) is 23.7 Å². The van der Waals surface area contributed by atoms with E-state index in [-0.39, 0.29) is 11.1 Å². The lowest BCUT2D eigenvalue weighted by Crippen LogP contribution is -2.39. The lowest BCUT2D eigenvalue weighted by Gasteiger charge is -2.26. The molecule has 0 bridgehead atoms. The van der Waals surface area contributed by atoms with Crippen LogP contribution in [-0.2, 0) is 18.4 Å². The molecule has 9 heteroatoms. The van der Waals surface area contributed by atoms with Crippen LogP contribution in [0.5, 0.6) is 0 Å². The Morgan fingerprint density at radius 1 is 1.07 bits per heavy atom. The fourth-order valence-corrected chi connectivity index (χ4v) is 3.38. The van der Waals surface area contributed by atoms with Crippen molar-refractivity contribution in [1.29, 1.82) is 0 Å².